The molecule has 1 aliphatic rings. The first-order chi connectivity index (χ1) is 16.2. The minimum atomic E-state index is -0.237. The van der Waals surface area contributed by atoms with Crippen molar-refractivity contribution in [1.82, 2.24) is 19.9 Å². The molecule has 3 heterocycles. The molecule has 3 aromatic rings. The van der Waals surface area contributed by atoms with E-state index in [2.05, 4.69) is 38.6 Å². The molecule has 1 aliphatic carbocycles. The van der Waals surface area contributed by atoms with Crippen LogP contribution < -0.4 is 15.4 Å². The number of pyridine rings is 2. The maximum atomic E-state index is 11.9. The highest BCUT2D eigenvalue weighted by Crippen LogP contribution is 2.31. The van der Waals surface area contributed by atoms with Gasteiger partial charge >= 0.3 is 0 Å². The molecule has 4 rings (SSSR count). The van der Waals surface area contributed by atoms with Gasteiger partial charge in [-0.2, -0.15) is 10.4 Å². The van der Waals surface area contributed by atoms with Gasteiger partial charge in [-0.1, -0.05) is 18.8 Å². The average Bonchev–Trinajstić information content (AvgIpc) is 3.50. The first-order valence-electron chi connectivity index (χ1n) is 11.2. The van der Waals surface area contributed by atoms with Crippen LogP contribution in [0.5, 0.6) is 5.75 Å². The van der Waals surface area contributed by atoms with Crippen molar-refractivity contribution >= 4 is 17.2 Å². The summed E-state index contributed by atoms with van der Waals surface area (Å²) in [6.45, 7) is 3.44. The molecule has 0 bridgehead atoms. The van der Waals surface area contributed by atoms with Crippen LogP contribution in [0.2, 0.25) is 0 Å². The number of nitrogens with one attached hydrogen (secondary N) is 2. The van der Waals surface area contributed by atoms with Gasteiger partial charge in [0.25, 0.3) is 5.91 Å². The summed E-state index contributed by atoms with van der Waals surface area (Å²) in [5.41, 5.74) is 2.87. The number of amides is 1. The molecule has 1 saturated carbocycles. The fourth-order valence-electron chi connectivity index (χ4n) is 3.95. The average molecular weight is 443 g/mol. The van der Waals surface area contributed by atoms with Gasteiger partial charge in [0.2, 0.25) is 0 Å². The van der Waals surface area contributed by atoms with Crippen molar-refractivity contribution in [2.45, 2.75) is 32.6 Å². The fourth-order valence-corrected chi connectivity index (χ4v) is 3.95. The number of fused-ring (bicyclic) bond motifs is 1. The predicted octanol–water partition coefficient (Wildman–Crippen LogP) is 3.39. The third kappa shape index (κ3) is 5.42. The Labute approximate surface area is 193 Å². The third-order valence-electron chi connectivity index (χ3n) is 5.55. The number of hydrogen-bond acceptors (Lipinski definition) is 6. The number of aromatic nitrogens is 3. The molecule has 0 saturated heterocycles. The second kappa shape index (κ2) is 10.5. The van der Waals surface area contributed by atoms with E-state index in [0.29, 0.717) is 48.3 Å². The van der Waals surface area contributed by atoms with Crippen LogP contribution in [0.25, 0.3) is 16.6 Å². The Kier molecular flexibility index (Phi) is 7.06. The number of ether oxygens (including phenoxy) is 1. The summed E-state index contributed by atoms with van der Waals surface area (Å²) >= 11 is 0. The lowest BCUT2D eigenvalue weighted by Gasteiger charge is -2.10. The summed E-state index contributed by atoms with van der Waals surface area (Å²) in [4.78, 5) is 16.3. The number of rotatable bonds is 7. The van der Waals surface area contributed by atoms with E-state index in [1.807, 2.05) is 25.1 Å². The third-order valence-corrected chi connectivity index (χ3v) is 5.55. The smallest absolute Gasteiger partial charge is 0.295 e. The standard InChI is InChI=1S/C25H26N6O2/c1-2-33-21-13-22(25-20(14-26)16-30-31(25)17-21)19-8-9-23(29-15-19)27-11-12-28-24(32)10-7-18-5-3-4-6-18/h8-9,13,15-18H,2-6,11-12H2,1H3,(H,27,29)(H,28,32). The summed E-state index contributed by atoms with van der Waals surface area (Å²) in [6.07, 6.45) is 9.67. The fraction of sp³-hybridized carbons (Fsp3) is 0.360. The van der Waals surface area contributed by atoms with Crippen LogP contribution in [0.1, 0.15) is 38.2 Å². The van der Waals surface area contributed by atoms with Crippen molar-refractivity contribution in [3.63, 3.8) is 0 Å². The zero-order chi connectivity index (χ0) is 23.0. The van der Waals surface area contributed by atoms with Crippen LogP contribution >= 0.6 is 0 Å². The van der Waals surface area contributed by atoms with E-state index < -0.39 is 0 Å². The van der Waals surface area contributed by atoms with E-state index >= 15 is 0 Å². The van der Waals surface area contributed by atoms with Crippen LogP contribution in [0.3, 0.4) is 0 Å². The van der Waals surface area contributed by atoms with E-state index in [0.717, 1.165) is 24.0 Å². The Morgan fingerprint density at radius 3 is 2.85 bits per heavy atom. The number of carbonyl (C=O) groups is 1. The summed E-state index contributed by atoms with van der Waals surface area (Å²) in [5.74, 6) is 7.26. The lowest BCUT2D eigenvalue weighted by molar-refractivity contribution is -0.115. The Balaban J connectivity index is 1.38. The van der Waals surface area contributed by atoms with Crippen LogP contribution in [-0.4, -0.2) is 40.2 Å². The second-order valence-corrected chi connectivity index (χ2v) is 7.85. The Bertz CT molecular complexity index is 1220. The van der Waals surface area contributed by atoms with Gasteiger partial charge in [-0.3, -0.25) is 4.79 Å². The molecule has 33 heavy (non-hydrogen) atoms. The van der Waals surface area contributed by atoms with Gasteiger partial charge in [-0.05, 0) is 43.9 Å². The molecule has 1 fully saturated rings. The van der Waals surface area contributed by atoms with E-state index in [9.17, 15) is 10.1 Å². The van der Waals surface area contributed by atoms with Gasteiger partial charge in [0.1, 0.15) is 17.6 Å². The van der Waals surface area contributed by atoms with Crippen molar-refractivity contribution in [1.29, 1.82) is 5.26 Å². The van der Waals surface area contributed by atoms with Gasteiger partial charge < -0.3 is 15.4 Å². The van der Waals surface area contributed by atoms with Crippen molar-refractivity contribution in [2.24, 2.45) is 5.92 Å². The molecule has 168 valence electrons. The number of nitrogens with zero attached hydrogens (tertiary/aromatic N) is 4. The normalized spacial score (nSPS) is 13.2. The van der Waals surface area contributed by atoms with E-state index in [-0.39, 0.29) is 5.91 Å². The summed E-state index contributed by atoms with van der Waals surface area (Å²) in [7, 11) is 0. The molecule has 0 radical (unpaired) electrons. The first kappa shape index (κ1) is 22.2. The van der Waals surface area contributed by atoms with Crippen LogP contribution in [-0.2, 0) is 4.79 Å². The van der Waals surface area contributed by atoms with Gasteiger partial charge in [0.05, 0.1) is 30.1 Å². The monoisotopic (exact) mass is 442 g/mol. The first-order valence-corrected chi connectivity index (χ1v) is 11.2. The molecule has 2 N–H and O–H groups in total. The number of hydrogen-bond donors (Lipinski definition) is 2. The van der Waals surface area contributed by atoms with Crippen LogP contribution in [0.4, 0.5) is 5.82 Å². The highest BCUT2D eigenvalue weighted by atomic mass is 16.5. The molecule has 3 aromatic heterocycles. The highest BCUT2D eigenvalue weighted by molar-refractivity contribution is 5.93. The van der Waals surface area contributed by atoms with Gasteiger partial charge in [-0.25, -0.2) is 9.50 Å². The van der Waals surface area contributed by atoms with Crippen molar-refractivity contribution < 1.29 is 9.53 Å². The topological polar surface area (TPSA) is 104 Å². The van der Waals surface area contributed by atoms with Crippen molar-refractivity contribution in [3.8, 4) is 34.8 Å². The summed E-state index contributed by atoms with van der Waals surface area (Å²) < 4.78 is 7.31. The maximum Gasteiger partial charge on any atom is 0.295 e. The van der Waals surface area contributed by atoms with Gasteiger partial charge in [0.15, 0.2) is 0 Å². The van der Waals surface area contributed by atoms with Crippen molar-refractivity contribution in [3.05, 3.63) is 42.4 Å². The van der Waals surface area contributed by atoms with Crippen molar-refractivity contribution in [2.75, 3.05) is 25.0 Å². The second-order valence-electron chi connectivity index (χ2n) is 7.85. The molecule has 8 heteroatoms. The van der Waals surface area contributed by atoms with Crippen LogP contribution in [0.15, 0.2) is 36.8 Å². The Hall–Kier alpha value is -4.04. The largest absolute Gasteiger partial charge is 0.492 e. The van der Waals surface area contributed by atoms with Gasteiger partial charge in [0, 0.05) is 36.3 Å². The summed E-state index contributed by atoms with van der Waals surface area (Å²) in [5, 5.41) is 19.7. The quantitative estimate of drug-likeness (QED) is 0.429. The minimum Gasteiger partial charge on any atom is -0.492 e. The Morgan fingerprint density at radius 2 is 2.12 bits per heavy atom. The molecule has 0 spiro atoms. The molecular formula is C25H26N6O2. The predicted molar refractivity (Wildman–Crippen MR) is 126 cm³/mol. The zero-order valence-corrected chi connectivity index (χ0v) is 18.6. The minimum absolute atomic E-state index is 0.237. The van der Waals surface area contributed by atoms with Gasteiger partial charge in [-0.15, -0.1) is 0 Å². The maximum absolute atomic E-state index is 11.9. The molecule has 0 unspecified atom stereocenters. The SMILES string of the molecule is CCOc1cc(-c2ccc(NCCNC(=O)C#CC3CCCC3)nc2)c2c(C#N)cnn2c1. The lowest BCUT2D eigenvalue weighted by atomic mass is 10.1. The number of nitriles is 1. The molecule has 0 aromatic carbocycles. The van der Waals surface area contributed by atoms with Crippen LogP contribution in [0, 0.1) is 29.1 Å². The molecular weight excluding hydrogens is 416 g/mol. The molecule has 0 aliphatic heterocycles. The molecule has 8 nitrogen and oxygen atoms in total. The number of anilines is 1. The molecule has 1 amide bonds. The summed E-state index contributed by atoms with van der Waals surface area (Å²) in [6, 6.07) is 7.88. The zero-order valence-electron chi connectivity index (χ0n) is 18.6. The highest BCUT2D eigenvalue weighted by Gasteiger charge is 2.14. The molecule has 0 atom stereocenters. The Morgan fingerprint density at radius 1 is 1.27 bits per heavy atom. The van der Waals surface area contributed by atoms with E-state index in [1.54, 1.807) is 23.1 Å². The number of carbonyl (C=O) groups excluding carboxylic acids is 1. The van der Waals surface area contributed by atoms with E-state index in [4.69, 9.17) is 4.74 Å². The lowest BCUT2D eigenvalue weighted by Crippen LogP contribution is -2.27. The van der Waals surface area contributed by atoms with E-state index in [1.165, 1.54) is 12.8 Å².